The molecule has 2 aliphatic rings. The van der Waals surface area contributed by atoms with Crippen molar-refractivity contribution in [1.82, 2.24) is 15.5 Å². The van der Waals surface area contributed by atoms with Gasteiger partial charge in [-0.3, -0.25) is 9.69 Å². The van der Waals surface area contributed by atoms with Crippen molar-refractivity contribution in [3.8, 4) is 11.5 Å². The maximum atomic E-state index is 13.4. The number of nitrogens with zero attached hydrogens (tertiary/aromatic N) is 1. The van der Waals surface area contributed by atoms with E-state index in [1.807, 2.05) is 87.1 Å². The molecule has 0 spiro atoms. The SMILES string of the molecule is CC(C)(C)OC(=O)N1CSC[C@H]1CN[C@@H](CSCC1CCCCC1)C(=O)NCc1ccc(Oc2ccccc2)cc1. The monoisotopic (exact) mass is 599 g/mol. The van der Waals surface area contributed by atoms with Crippen LogP contribution in [0.15, 0.2) is 54.6 Å². The lowest BCUT2D eigenvalue weighted by Gasteiger charge is -2.29. The second-order valence-electron chi connectivity index (χ2n) is 11.9. The molecule has 2 N–H and O–H groups in total. The third-order valence-electron chi connectivity index (χ3n) is 7.26. The molecule has 0 radical (unpaired) electrons. The van der Waals surface area contributed by atoms with Gasteiger partial charge in [0, 0.05) is 24.6 Å². The molecule has 2 aromatic carbocycles. The maximum Gasteiger partial charge on any atom is 0.411 e. The molecule has 2 amide bonds. The number of thioether (sulfide) groups is 2. The number of benzene rings is 2. The highest BCUT2D eigenvalue weighted by molar-refractivity contribution is 7.99. The summed E-state index contributed by atoms with van der Waals surface area (Å²) in [5.74, 6) is 5.53. The molecule has 0 bridgehead atoms. The quantitative estimate of drug-likeness (QED) is 0.282. The van der Waals surface area contributed by atoms with E-state index in [-0.39, 0.29) is 24.1 Å². The fourth-order valence-corrected chi connectivity index (χ4v) is 7.49. The lowest BCUT2D eigenvalue weighted by molar-refractivity contribution is -0.122. The molecule has 41 heavy (non-hydrogen) atoms. The van der Waals surface area contributed by atoms with Crippen LogP contribution in [0.4, 0.5) is 4.79 Å². The van der Waals surface area contributed by atoms with Crippen LogP contribution < -0.4 is 15.4 Å². The molecule has 2 fully saturated rings. The maximum absolute atomic E-state index is 13.4. The predicted molar refractivity (Wildman–Crippen MR) is 170 cm³/mol. The number of rotatable bonds is 12. The Hall–Kier alpha value is -2.36. The van der Waals surface area contributed by atoms with Gasteiger partial charge in [-0.05, 0) is 75.1 Å². The summed E-state index contributed by atoms with van der Waals surface area (Å²) < 4.78 is 11.5. The zero-order valence-electron chi connectivity index (χ0n) is 24.6. The topological polar surface area (TPSA) is 79.9 Å². The zero-order valence-corrected chi connectivity index (χ0v) is 26.2. The van der Waals surface area contributed by atoms with Crippen LogP contribution in [0.2, 0.25) is 0 Å². The molecule has 2 atom stereocenters. The molecular weight excluding hydrogens is 555 g/mol. The summed E-state index contributed by atoms with van der Waals surface area (Å²) >= 11 is 3.59. The minimum absolute atomic E-state index is 0.00865. The van der Waals surface area contributed by atoms with Gasteiger partial charge in [-0.2, -0.15) is 11.8 Å². The summed E-state index contributed by atoms with van der Waals surface area (Å²) in [6, 6.07) is 17.1. The Balaban J connectivity index is 1.31. The number of amides is 2. The smallest absolute Gasteiger partial charge is 0.411 e. The third kappa shape index (κ3) is 10.8. The minimum atomic E-state index is -0.535. The molecule has 0 unspecified atom stereocenters. The molecular formula is C32H45N3O4S2. The van der Waals surface area contributed by atoms with Crippen LogP contribution in [0.3, 0.4) is 0 Å². The van der Waals surface area contributed by atoms with Gasteiger partial charge >= 0.3 is 6.09 Å². The van der Waals surface area contributed by atoms with Crippen molar-refractivity contribution in [2.24, 2.45) is 5.92 Å². The molecule has 1 heterocycles. The van der Waals surface area contributed by atoms with E-state index in [0.29, 0.717) is 24.7 Å². The Bertz CT molecular complexity index is 1090. The number of ether oxygens (including phenoxy) is 2. The Morgan fingerprint density at radius 1 is 1.02 bits per heavy atom. The number of hydrogen-bond donors (Lipinski definition) is 2. The van der Waals surface area contributed by atoms with Crippen molar-refractivity contribution < 1.29 is 19.1 Å². The highest BCUT2D eigenvalue weighted by Gasteiger charge is 2.33. The Kier molecular flexibility index (Phi) is 12.1. The summed E-state index contributed by atoms with van der Waals surface area (Å²) in [5, 5.41) is 6.63. The molecule has 1 aliphatic carbocycles. The van der Waals surface area contributed by atoms with E-state index in [0.717, 1.165) is 34.5 Å². The van der Waals surface area contributed by atoms with E-state index in [1.54, 1.807) is 16.7 Å². The number of carbonyl (C=O) groups is 2. The van der Waals surface area contributed by atoms with Crippen LogP contribution in [-0.4, -0.2) is 64.3 Å². The first-order valence-electron chi connectivity index (χ1n) is 14.7. The molecule has 1 aliphatic heterocycles. The lowest BCUT2D eigenvalue weighted by Crippen LogP contribution is -2.51. The second kappa shape index (κ2) is 15.8. The van der Waals surface area contributed by atoms with Gasteiger partial charge in [0.1, 0.15) is 17.1 Å². The van der Waals surface area contributed by atoms with E-state index in [2.05, 4.69) is 10.6 Å². The summed E-state index contributed by atoms with van der Waals surface area (Å²) in [6.45, 7) is 6.65. The number of hydrogen-bond acceptors (Lipinski definition) is 7. The highest BCUT2D eigenvalue weighted by Crippen LogP contribution is 2.27. The van der Waals surface area contributed by atoms with Gasteiger partial charge in [-0.25, -0.2) is 4.79 Å². The van der Waals surface area contributed by atoms with E-state index in [1.165, 1.54) is 32.1 Å². The molecule has 224 valence electrons. The average Bonchev–Trinajstić information content (AvgIpc) is 3.43. The van der Waals surface area contributed by atoms with Crippen molar-refractivity contribution >= 4 is 35.5 Å². The van der Waals surface area contributed by atoms with Gasteiger partial charge < -0.3 is 20.1 Å². The van der Waals surface area contributed by atoms with Crippen molar-refractivity contribution in [2.75, 3.05) is 29.7 Å². The fourth-order valence-electron chi connectivity index (χ4n) is 5.00. The number of carbonyl (C=O) groups excluding carboxylic acids is 2. The van der Waals surface area contributed by atoms with Crippen molar-refractivity contribution in [2.45, 2.75) is 77.1 Å². The fraction of sp³-hybridized carbons (Fsp3) is 0.562. The van der Waals surface area contributed by atoms with E-state index >= 15 is 0 Å². The molecule has 0 aromatic heterocycles. The molecule has 7 nitrogen and oxygen atoms in total. The zero-order chi connectivity index (χ0) is 29.1. The van der Waals surface area contributed by atoms with Crippen molar-refractivity contribution in [3.63, 3.8) is 0 Å². The first-order chi connectivity index (χ1) is 19.8. The van der Waals surface area contributed by atoms with Crippen LogP contribution in [0.5, 0.6) is 11.5 Å². The largest absolute Gasteiger partial charge is 0.457 e. The van der Waals surface area contributed by atoms with Gasteiger partial charge in [0.15, 0.2) is 0 Å². The Labute approximate surface area is 253 Å². The van der Waals surface area contributed by atoms with Crippen LogP contribution in [0, 0.1) is 5.92 Å². The van der Waals surface area contributed by atoms with Gasteiger partial charge in [0.2, 0.25) is 5.91 Å². The standard InChI is InChI=1S/C32H45N3O4S2/c1-32(2,3)39-31(37)35-23-41-21-26(35)19-33-29(22-40-20-25-10-6-4-7-11-25)30(36)34-18-24-14-16-28(17-15-24)38-27-12-8-5-9-13-27/h5,8-9,12-17,25-26,29,33H,4,6-7,10-11,18-23H2,1-3H3,(H,34,36)/t26-,29+/m1/s1. The van der Waals surface area contributed by atoms with E-state index < -0.39 is 5.60 Å². The summed E-state index contributed by atoms with van der Waals surface area (Å²) in [4.78, 5) is 27.9. The first-order valence-corrected chi connectivity index (χ1v) is 17.1. The molecule has 1 saturated heterocycles. The van der Waals surface area contributed by atoms with E-state index in [4.69, 9.17) is 9.47 Å². The minimum Gasteiger partial charge on any atom is -0.457 e. The predicted octanol–water partition coefficient (Wildman–Crippen LogP) is 6.68. The van der Waals surface area contributed by atoms with Gasteiger partial charge in [0.05, 0.1) is 18.0 Å². The number of nitrogens with one attached hydrogen (secondary N) is 2. The Morgan fingerprint density at radius 3 is 2.44 bits per heavy atom. The van der Waals surface area contributed by atoms with Gasteiger partial charge in [0.25, 0.3) is 0 Å². The Morgan fingerprint density at radius 2 is 1.73 bits per heavy atom. The average molecular weight is 600 g/mol. The van der Waals surface area contributed by atoms with Gasteiger partial charge in [-0.1, -0.05) is 49.6 Å². The lowest BCUT2D eigenvalue weighted by atomic mass is 9.91. The summed E-state index contributed by atoms with van der Waals surface area (Å²) in [6.07, 6.45) is 6.30. The van der Waals surface area contributed by atoms with Crippen molar-refractivity contribution in [3.05, 3.63) is 60.2 Å². The van der Waals surface area contributed by atoms with Crippen LogP contribution in [0.25, 0.3) is 0 Å². The van der Waals surface area contributed by atoms with Gasteiger partial charge in [-0.15, -0.1) is 11.8 Å². The molecule has 4 rings (SSSR count). The van der Waals surface area contributed by atoms with E-state index in [9.17, 15) is 9.59 Å². The van der Waals surface area contributed by atoms with Crippen LogP contribution in [0.1, 0.15) is 58.4 Å². The second-order valence-corrected chi connectivity index (χ2v) is 14.0. The first kappa shape index (κ1) is 31.6. The summed E-state index contributed by atoms with van der Waals surface area (Å²) in [7, 11) is 0. The normalized spacial score (nSPS) is 18.6. The third-order valence-corrected chi connectivity index (χ3v) is 9.61. The highest BCUT2D eigenvalue weighted by atomic mass is 32.2. The molecule has 9 heteroatoms. The number of para-hydroxylation sites is 1. The van der Waals surface area contributed by atoms with Crippen LogP contribution >= 0.6 is 23.5 Å². The van der Waals surface area contributed by atoms with Crippen LogP contribution in [-0.2, 0) is 16.1 Å². The molecule has 1 saturated carbocycles. The van der Waals surface area contributed by atoms with Crippen molar-refractivity contribution in [1.29, 1.82) is 0 Å². The summed E-state index contributed by atoms with van der Waals surface area (Å²) in [5.41, 5.74) is 0.475. The molecule has 2 aromatic rings.